The molecule has 0 saturated heterocycles. The molecule has 1 aromatic rings. The SMILES string of the molecule is Cc1ccc(S(=O)/C=C/C[C@@]2(C)CCC(=O)C2)cc1. The molecule has 1 saturated carbocycles. The molecular weight excluding hydrogens is 256 g/mol. The Morgan fingerprint density at radius 2 is 2.00 bits per heavy atom. The Hall–Kier alpha value is -1.22. The smallest absolute Gasteiger partial charge is 0.133 e. The molecule has 0 N–H and O–H groups in total. The third-order valence-electron chi connectivity index (χ3n) is 3.72. The number of hydrogen-bond acceptors (Lipinski definition) is 2. The minimum Gasteiger partial charge on any atom is -0.300 e. The van der Waals surface area contributed by atoms with Crippen LogP contribution in [0, 0.1) is 12.3 Å². The van der Waals surface area contributed by atoms with Crippen molar-refractivity contribution in [2.45, 2.75) is 44.4 Å². The van der Waals surface area contributed by atoms with Gasteiger partial charge in [-0.25, -0.2) is 4.21 Å². The number of rotatable bonds is 4. The first-order valence-electron chi connectivity index (χ1n) is 6.64. The maximum Gasteiger partial charge on any atom is 0.133 e. The summed E-state index contributed by atoms with van der Waals surface area (Å²) in [5.41, 5.74) is 1.24. The summed E-state index contributed by atoms with van der Waals surface area (Å²) in [6.07, 6.45) is 5.11. The van der Waals surface area contributed by atoms with Crippen LogP contribution < -0.4 is 0 Å². The lowest BCUT2D eigenvalue weighted by molar-refractivity contribution is -0.117. The summed E-state index contributed by atoms with van der Waals surface area (Å²) < 4.78 is 12.1. The molecule has 0 aliphatic heterocycles. The largest absolute Gasteiger partial charge is 0.300 e. The Morgan fingerprint density at radius 3 is 2.58 bits per heavy atom. The molecule has 0 heterocycles. The van der Waals surface area contributed by atoms with E-state index in [0.717, 1.165) is 17.7 Å². The van der Waals surface area contributed by atoms with Gasteiger partial charge in [0.2, 0.25) is 0 Å². The Labute approximate surface area is 117 Å². The molecule has 2 rings (SSSR count). The molecule has 0 bridgehead atoms. The van der Waals surface area contributed by atoms with Crippen LogP contribution in [0.4, 0.5) is 0 Å². The second-order valence-corrected chi connectivity index (χ2v) is 7.05. The van der Waals surface area contributed by atoms with Gasteiger partial charge in [0.1, 0.15) is 5.78 Å². The third kappa shape index (κ3) is 3.87. The molecule has 1 aliphatic carbocycles. The van der Waals surface area contributed by atoms with Crippen LogP contribution in [0.3, 0.4) is 0 Å². The normalized spacial score (nSPS) is 25.1. The first kappa shape index (κ1) is 14.2. The highest BCUT2D eigenvalue weighted by molar-refractivity contribution is 7.88. The van der Waals surface area contributed by atoms with E-state index in [4.69, 9.17) is 0 Å². The molecule has 0 spiro atoms. The van der Waals surface area contributed by atoms with Crippen LogP contribution in [0.25, 0.3) is 0 Å². The van der Waals surface area contributed by atoms with Gasteiger partial charge in [0.15, 0.2) is 0 Å². The van der Waals surface area contributed by atoms with Crippen molar-refractivity contribution in [1.82, 2.24) is 0 Å². The molecule has 0 radical (unpaired) electrons. The Bertz CT molecular complexity index is 516. The molecule has 102 valence electrons. The van der Waals surface area contributed by atoms with E-state index in [2.05, 4.69) is 6.92 Å². The summed E-state index contributed by atoms with van der Waals surface area (Å²) in [5, 5.41) is 1.75. The Kier molecular flexibility index (Phi) is 4.35. The number of Topliss-reactive ketones (excluding diaryl/α,β-unsaturated/α-hetero) is 1. The van der Waals surface area contributed by atoms with Crippen molar-refractivity contribution >= 4 is 16.6 Å². The molecule has 1 unspecified atom stereocenters. The Morgan fingerprint density at radius 1 is 1.32 bits per heavy atom. The second kappa shape index (κ2) is 5.83. The molecule has 0 aromatic heterocycles. The highest BCUT2D eigenvalue weighted by atomic mass is 32.2. The van der Waals surface area contributed by atoms with Gasteiger partial charge in [-0.3, -0.25) is 4.79 Å². The van der Waals surface area contributed by atoms with Gasteiger partial charge >= 0.3 is 0 Å². The minimum atomic E-state index is -1.08. The number of carbonyl (C=O) groups excluding carboxylic acids is 1. The number of aryl methyl sites for hydroxylation is 1. The van der Waals surface area contributed by atoms with E-state index in [1.165, 1.54) is 5.56 Å². The standard InChI is InChI=1S/C16H20O2S/c1-13-4-6-15(7-5-13)19(18)11-3-9-16(2)10-8-14(17)12-16/h3-7,11H,8-10,12H2,1-2H3/b11-3+/t16-,19?/m0/s1. The van der Waals surface area contributed by atoms with E-state index in [9.17, 15) is 9.00 Å². The molecule has 1 aromatic carbocycles. The van der Waals surface area contributed by atoms with Crippen molar-refractivity contribution in [3.63, 3.8) is 0 Å². The van der Waals surface area contributed by atoms with Gasteiger partial charge in [-0.05, 0) is 37.3 Å². The zero-order chi connectivity index (χ0) is 13.9. The summed E-state index contributed by atoms with van der Waals surface area (Å²) in [6.45, 7) is 4.15. The van der Waals surface area contributed by atoms with Crippen molar-refractivity contribution in [2.75, 3.05) is 0 Å². The number of allylic oxidation sites excluding steroid dienone is 1. The van der Waals surface area contributed by atoms with Crippen molar-refractivity contribution < 1.29 is 9.00 Å². The fourth-order valence-electron chi connectivity index (χ4n) is 2.44. The lowest BCUT2D eigenvalue weighted by atomic mass is 9.85. The zero-order valence-corrected chi connectivity index (χ0v) is 12.3. The van der Waals surface area contributed by atoms with Gasteiger partial charge in [-0.15, -0.1) is 0 Å². The fraction of sp³-hybridized carbons (Fsp3) is 0.438. The third-order valence-corrected chi connectivity index (χ3v) is 4.89. The van der Waals surface area contributed by atoms with Gasteiger partial charge in [0.05, 0.1) is 10.8 Å². The van der Waals surface area contributed by atoms with Gasteiger partial charge in [-0.2, -0.15) is 0 Å². The predicted molar refractivity (Wildman–Crippen MR) is 78.3 cm³/mol. The number of hydrogen-bond donors (Lipinski definition) is 0. The van der Waals surface area contributed by atoms with Crippen LogP contribution in [0.15, 0.2) is 40.6 Å². The lowest BCUT2D eigenvalue weighted by Crippen LogP contribution is -2.10. The van der Waals surface area contributed by atoms with Crippen LogP contribution in [0.1, 0.15) is 38.2 Å². The molecule has 2 nitrogen and oxygen atoms in total. The van der Waals surface area contributed by atoms with Crippen molar-refractivity contribution in [3.8, 4) is 0 Å². The van der Waals surface area contributed by atoms with Crippen LogP contribution in [-0.2, 0) is 15.6 Å². The van der Waals surface area contributed by atoms with Gasteiger partial charge < -0.3 is 0 Å². The van der Waals surface area contributed by atoms with Gasteiger partial charge in [-0.1, -0.05) is 30.7 Å². The van der Waals surface area contributed by atoms with E-state index < -0.39 is 10.8 Å². The molecule has 19 heavy (non-hydrogen) atoms. The predicted octanol–water partition coefficient (Wildman–Crippen LogP) is 3.77. The van der Waals surface area contributed by atoms with Crippen LogP contribution in [-0.4, -0.2) is 9.99 Å². The molecule has 1 fully saturated rings. The summed E-state index contributed by atoms with van der Waals surface area (Å²) in [4.78, 5) is 12.2. The van der Waals surface area contributed by atoms with E-state index in [0.29, 0.717) is 18.6 Å². The molecule has 1 aliphatic rings. The summed E-state index contributed by atoms with van der Waals surface area (Å²) in [6, 6.07) is 7.74. The van der Waals surface area contributed by atoms with Crippen molar-refractivity contribution in [2.24, 2.45) is 5.41 Å². The average Bonchev–Trinajstić information content (AvgIpc) is 2.70. The molecule has 2 atom stereocenters. The summed E-state index contributed by atoms with van der Waals surface area (Å²) in [5.74, 6) is 0.357. The maximum atomic E-state index is 12.1. The number of ketones is 1. The van der Waals surface area contributed by atoms with Crippen molar-refractivity contribution in [1.29, 1.82) is 0 Å². The van der Waals surface area contributed by atoms with Gasteiger partial charge in [0.25, 0.3) is 0 Å². The second-order valence-electron chi connectivity index (χ2n) is 5.71. The minimum absolute atomic E-state index is 0.0745. The first-order valence-corrected chi connectivity index (χ1v) is 7.85. The highest BCUT2D eigenvalue weighted by Crippen LogP contribution is 2.38. The van der Waals surface area contributed by atoms with Crippen LogP contribution in [0.2, 0.25) is 0 Å². The molecule has 3 heteroatoms. The van der Waals surface area contributed by atoms with Crippen LogP contribution >= 0.6 is 0 Å². The maximum absolute atomic E-state index is 12.1. The summed E-state index contributed by atoms with van der Waals surface area (Å²) in [7, 11) is -1.08. The fourth-order valence-corrected chi connectivity index (χ4v) is 3.27. The molecule has 0 amide bonds. The average molecular weight is 276 g/mol. The zero-order valence-electron chi connectivity index (χ0n) is 11.5. The van der Waals surface area contributed by atoms with E-state index >= 15 is 0 Å². The highest BCUT2D eigenvalue weighted by Gasteiger charge is 2.32. The van der Waals surface area contributed by atoms with Crippen molar-refractivity contribution in [3.05, 3.63) is 41.3 Å². The van der Waals surface area contributed by atoms with E-state index in [1.54, 1.807) is 5.41 Å². The first-order chi connectivity index (χ1) is 8.98. The van der Waals surface area contributed by atoms with E-state index in [-0.39, 0.29) is 5.41 Å². The van der Waals surface area contributed by atoms with E-state index in [1.807, 2.05) is 37.3 Å². The Balaban J connectivity index is 1.94. The number of benzene rings is 1. The quantitative estimate of drug-likeness (QED) is 0.839. The molecular formula is C16H20O2S. The number of carbonyl (C=O) groups is 1. The summed E-state index contributed by atoms with van der Waals surface area (Å²) >= 11 is 0. The lowest BCUT2D eigenvalue weighted by Gasteiger charge is -2.19. The van der Waals surface area contributed by atoms with Crippen LogP contribution in [0.5, 0.6) is 0 Å². The monoisotopic (exact) mass is 276 g/mol. The topological polar surface area (TPSA) is 34.1 Å². The van der Waals surface area contributed by atoms with Gasteiger partial charge in [0, 0.05) is 23.1 Å².